The maximum absolute atomic E-state index is 11.5. The maximum atomic E-state index is 11.5. The van der Waals surface area contributed by atoms with E-state index in [4.69, 9.17) is 9.47 Å². The number of alkyl carbamates (subject to hydrolysis) is 2. The molecular weight excluding hydrogens is 384 g/mol. The third-order valence-electron chi connectivity index (χ3n) is 5.06. The van der Waals surface area contributed by atoms with Gasteiger partial charge in [0.2, 0.25) is 0 Å². The van der Waals surface area contributed by atoms with E-state index in [2.05, 4.69) is 35.1 Å². The van der Waals surface area contributed by atoms with Crippen molar-refractivity contribution < 1.29 is 19.1 Å². The largest absolute Gasteiger partial charge is 0.444 e. The first-order valence-corrected chi connectivity index (χ1v) is 11.2. The van der Waals surface area contributed by atoms with Crippen LogP contribution in [0.3, 0.4) is 0 Å². The van der Waals surface area contributed by atoms with Crippen molar-refractivity contribution in [2.24, 2.45) is 11.8 Å². The van der Waals surface area contributed by atoms with Gasteiger partial charge in [0.05, 0.1) is 0 Å². The summed E-state index contributed by atoms with van der Waals surface area (Å²) < 4.78 is 10.4. The Morgan fingerprint density at radius 3 is 1.33 bits per heavy atom. The predicted molar refractivity (Wildman–Crippen MR) is 120 cm³/mol. The second-order valence-electron chi connectivity index (χ2n) is 10.4. The minimum Gasteiger partial charge on any atom is -0.444 e. The monoisotopic (exact) mass is 428 g/mol. The summed E-state index contributed by atoms with van der Waals surface area (Å²) in [6, 6.07) is 0.377. The molecule has 4 N–H and O–H groups in total. The molecule has 4 atom stereocenters. The van der Waals surface area contributed by atoms with Gasteiger partial charge < -0.3 is 30.7 Å². The number of carbonyl (C=O) groups excluding carboxylic acids is 2. The Morgan fingerprint density at radius 1 is 0.733 bits per heavy atom. The van der Waals surface area contributed by atoms with Crippen LogP contribution in [-0.4, -0.2) is 61.7 Å². The topological polar surface area (TPSA) is 101 Å². The number of piperidine rings is 2. The Balaban J connectivity index is 0.000000300. The zero-order valence-electron chi connectivity index (χ0n) is 20.2. The van der Waals surface area contributed by atoms with Gasteiger partial charge in [0.25, 0.3) is 0 Å². The summed E-state index contributed by atoms with van der Waals surface area (Å²) in [5.41, 5.74) is -0.842. The summed E-state index contributed by atoms with van der Waals surface area (Å²) in [7, 11) is 0. The molecule has 0 spiro atoms. The van der Waals surface area contributed by atoms with Crippen molar-refractivity contribution in [1.82, 2.24) is 21.3 Å². The van der Waals surface area contributed by atoms with Crippen molar-refractivity contribution in [1.29, 1.82) is 0 Å². The number of hydrogen-bond acceptors (Lipinski definition) is 6. The zero-order chi connectivity index (χ0) is 22.9. The third-order valence-corrected chi connectivity index (χ3v) is 5.06. The van der Waals surface area contributed by atoms with Crippen molar-refractivity contribution in [2.45, 2.75) is 91.5 Å². The first-order valence-electron chi connectivity index (χ1n) is 11.2. The molecule has 2 rings (SSSR count). The molecule has 2 heterocycles. The number of ether oxygens (including phenoxy) is 2. The van der Waals surface area contributed by atoms with E-state index in [1.807, 2.05) is 41.5 Å². The van der Waals surface area contributed by atoms with Gasteiger partial charge in [0.15, 0.2) is 0 Å². The SMILES string of the molecule is C[C@@H]1CCNC[C@@H]1NC(=O)OC(C)(C)C.C[C@H]1CCNC[C@H]1NC(=O)OC(C)(C)C. The second kappa shape index (κ2) is 11.7. The number of amides is 2. The molecule has 0 radical (unpaired) electrons. The van der Waals surface area contributed by atoms with Crippen molar-refractivity contribution in [3.8, 4) is 0 Å². The fourth-order valence-electron chi connectivity index (χ4n) is 3.28. The van der Waals surface area contributed by atoms with Crippen LogP contribution in [0, 0.1) is 11.8 Å². The quantitative estimate of drug-likeness (QED) is 0.539. The van der Waals surface area contributed by atoms with E-state index in [-0.39, 0.29) is 24.3 Å². The summed E-state index contributed by atoms with van der Waals surface area (Å²) in [5.74, 6) is 1.03. The molecule has 176 valence electrons. The third kappa shape index (κ3) is 11.6. The highest BCUT2D eigenvalue weighted by Crippen LogP contribution is 2.14. The van der Waals surface area contributed by atoms with Gasteiger partial charge in [-0.05, 0) is 79.3 Å². The van der Waals surface area contributed by atoms with Gasteiger partial charge in [0, 0.05) is 25.2 Å². The summed E-state index contributed by atoms with van der Waals surface area (Å²) in [6.07, 6.45) is 1.56. The van der Waals surface area contributed by atoms with E-state index in [0.717, 1.165) is 39.0 Å². The molecule has 2 amide bonds. The van der Waals surface area contributed by atoms with Gasteiger partial charge in [-0.3, -0.25) is 0 Å². The Hall–Kier alpha value is -1.54. The summed E-state index contributed by atoms with van der Waals surface area (Å²) in [5, 5.41) is 12.3. The van der Waals surface area contributed by atoms with Crippen LogP contribution in [0.4, 0.5) is 9.59 Å². The molecule has 0 aromatic heterocycles. The minimum absolute atomic E-state index is 0.189. The first-order chi connectivity index (χ1) is 13.8. The van der Waals surface area contributed by atoms with Crippen LogP contribution in [0.25, 0.3) is 0 Å². The number of nitrogens with one attached hydrogen (secondary N) is 4. The van der Waals surface area contributed by atoms with Gasteiger partial charge in [-0.1, -0.05) is 13.8 Å². The lowest BCUT2D eigenvalue weighted by molar-refractivity contribution is 0.0468. The number of rotatable bonds is 2. The summed E-state index contributed by atoms with van der Waals surface area (Å²) in [6.45, 7) is 19.3. The van der Waals surface area contributed by atoms with Crippen LogP contribution in [0.5, 0.6) is 0 Å². The standard InChI is InChI=1S/2C11H22N2O2/c2*1-8-5-6-12-7-9(8)13-10(14)15-11(2,3)4/h2*8-9,12H,5-7H2,1-4H3,(H,13,14)/t2*8-,9+/m10/s1. The smallest absolute Gasteiger partial charge is 0.407 e. The lowest BCUT2D eigenvalue weighted by Crippen LogP contribution is -2.51. The van der Waals surface area contributed by atoms with Gasteiger partial charge in [-0.2, -0.15) is 0 Å². The van der Waals surface area contributed by atoms with Crippen LogP contribution < -0.4 is 21.3 Å². The van der Waals surface area contributed by atoms with Crippen molar-refractivity contribution >= 4 is 12.2 Å². The van der Waals surface area contributed by atoms with E-state index in [0.29, 0.717) is 11.8 Å². The molecular formula is C22H44N4O4. The second-order valence-corrected chi connectivity index (χ2v) is 10.4. The molecule has 8 heteroatoms. The highest BCUT2D eigenvalue weighted by atomic mass is 16.6. The Morgan fingerprint density at radius 2 is 1.07 bits per heavy atom. The summed E-state index contributed by atoms with van der Waals surface area (Å²) >= 11 is 0. The molecule has 0 bridgehead atoms. The van der Waals surface area contributed by atoms with E-state index in [1.54, 1.807) is 0 Å². The average Bonchev–Trinajstić information content (AvgIpc) is 2.56. The lowest BCUT2D eigenvalue weighted by Gasteiger charge is -2.31. The van der Waals surface area contributed by atoms with Crippen LogP contribution in [0.1, 0.15) is 68.2 Å². The van der Waals surface area contributed by atoms with E-state index in [1.165, 1.54) is 0 Å². The fourth-order valence-corrected chi connectivity index (χ4v) is 3.28. The lowest BCUT2D eigenvalue weighted by atomic mass is 9.95. The van der Waals surface area contributed by atoms with E-state index in [9.17, 15) is 9.59 Å². The molecule has 0 saturated carbocycles. The van der Waals surface area contributed by atoms with Crippen molar-refractivity contribution in [3.63, 3.8) is 0 Å². The van der Waals surface area contributed by atoms with Crippen LogP contribution >= 0.6 is 0 Å². The van der Waals surface area contributed by atoms with Crippen molar-refractivity contribution in [2.75, 3.05) is 26.2 Å². The predicted octanol–water partition coefficient (Wildman–Crippen LogP) is 3.02. The molecule has 30 heavy (non-hydrogen) atoms. The van der Waals surface area contributed by atoms with E-state index < -0.39 is 11.2 Å². The molecule has 2 aliphatic heterocycles. The van der Waals surface area contributed by atoms with Crippen molar-refractivity contribution in [3.05, 3.63) is 0 Å². The van der Waals surface area contributed by atoms with Crippen LogP contribution in [0.15, 0.2) is 0 Å². The molecule has 0 aromatic rings. The molecule has 2 aliphatic rings. The molecule has 2 saturated heterocycles. The number of hydrogen-bond donors (Lipinski definition) is 4. The Kier molecular flexibility index (Phi) is 10.4. The molecule has 0 aromatic carbocycles. The molecule has 0 unspecified atom stereocenters. The normalized spacial score (nSPS) is 27.2. The molecule has 0 aliphatic carbocycles. The Labute approximate surface area is 182 Å². The van der Waals surface area contributed by atoms with Gasteiger partial charge in [-0.25, -0.2) is 9.59 Å². The minimum atomic E-state index is -0.421. The average molecular weight is 429 g/mol. The molecule has 2 fully saturated rings. The van der Waals surface area contributed by atoms with Crippen LogP contribution in [-0.2, 0) is 9.47 Å². The highest BCUT2D eigenvalue weighted by Gasteiger charge is 2.26. The highest BCUT2D eigenvalue weighted by molar-refractivity contribution is 5.68. The number of carbonyl (C=O) groups is 2. The molecule has 8 nitrogen and oxygen atoms in total. The first kappa shape index (κ1) is 26.5. The van der Waals surface area contributed by atoms with Gasteiger partial charge >= 0.3 is 12.2 Å². The van der Waals surface area contributed by atoms with Gasteiger partial charge in [-0.15, -0.1) is 0 Å². The van der Waals surface area contributed by atoms with Gasteiger partial charge in [0.1, 0.15) is 11.2 Å². The maximum Gasteiger partial charge on any atom is 0.407 e. The fraction of sp³-hybridized carbons (Fsp3) is 0.909. The Bertz CT molecular complexity index is 494. The summed E-state index contributed by atoms with van der Waals surface area (Å²) in [4.78, 5) is 23.0. The van der Waals surface area contributed by atoms with E-state index >= 15 is 0 Å². The van der Waals surface area contributed by atoms with Crippen LogP contribution in [0.2, 0.25) is 0 Å². The zero-order valence-corrected chi connectivity index (χ0v) is 20.2.